The summed E-state index contributed by atoms with van der Waals surface area (Å²) >= 11 is 0. The summed E-state index contributed by atoms with van der Waals surface area (Å²) in [4.78, 5) is 37.6. The van der Waals surface area contributed by atoms with Crippen LogP contribution in [0.4, 0.5) is 4.79 Å². The Balaban J connectivity index is 2.23. The first kappa shape index (κ1) is 14.4. The number of ether oxygens (including phenoxy) is 2. The predicted molar refractivity (Wildman–Crippen MR) is 74.8 cm³/mol. The van der Waals surface area contributed by atoms with Gasteiger partial charge in [0.1, 0.15) is 11.7 Å². The second kappa shape index (κ2) is 4.72. The van der Waals surface area contributed by atoms with Crippen molar-refractivity contribution in [3.8, 4) is 5.75 Å². The summed E-state index contributed by atoms with van der Waals surface area (Å²) in [6, 6.07) is 5.69. The zero-order valence-electron chi connectivity index (χ0n) is 12.5. The minimum absolute atomic E-state index is 0.449. The fourth-order valence-corrected chi connectivity index (χ4v) is 3.20. The number of amides is 3. The van der Waals surface area contributed by atoms with Crippen LogP contribution in [-0.4, -0.2) is 35.6 Å². The molecule has 2 aliphatic rings. The molecule has 7 nitrogen and oxygen atoms in total. The molecule has 116 valence electrons. The maximum Gasteiger partial charge on any atom is 0.327 e. The lowest BCUT2D eigenvalue weighted by atomic mass is 9.79. The van der Waals surface area contributed by atoms with Gasteiger partial charge in [0.2, 0.25) is 5.91 Å². The lowest BCUT2D eigenvalue weighted by Gasteiger charge is -2.52. The standard InChI is InChI=1S/C15H16N2O5/c1-8(18)17-12-9-6-4-5-7-10(9)22-15(2,16-14(17)20)11(12)13(19)21-3/h4-7,11-12H,1-3H3,(H,16,20)/t11-,12-,15-/m1/s1. The van der Waals surface area contributed by atoms with Crippen molar-refractivity contribution in [2.24, 2.45) is 5.92 Å². The van der Waals surface area contributed by atoms with Crippen molar-refractivity contribution in [1.29, 1.82) is 0 Å². The monoisotopic (exact) mass is 304 g/mol. The molecule has 1 saturated heterocycles. The summed E-state index contributed by atoms with van der Waals surface area (Å²) in [5.41, 5.74) is -0.657. The van der Waals surface area contributed by atoms with E-state index in [4.69, 9.17) is 9.47 Å². The zero-order valence-corrected chi connectivity index (χ0v) is 12.5. The second-order valence-corrected chi connectivity index (χ2v) is 5.51. The minimum Gasteiger partial charge on any atom is -0.469 e. The number of rotatable bonds is 1. The fraction of sp³-hybridized carbons (Fsp3) is 0.400. The zero-order chi connectivity index (χ0) is 16.1. The minimum atomic E-state index is -1.27. The Labute approximate surface area is 127 Å². The van der Waals surface area contributed by atoms with Crippen LogP contribution in [0.25, 0.3) is 0 Å². The van der Waals surface area contributed by atoms with E-state index in [0.717, 1.165) is 4.90 Å². The van der Waals surface area contributed by atoms with E-state index in [9.17, 15) is 14.4 Å². The Kier molecular flexibility index (Phi) is 3.09. The molecule has 0 unspecified atom stereocenters. The van der Waals surface area contributed by atoms with Gasteiger partial charge < -0.3 is 9.47 Å². The van der Waals surface area contributed by atoms with Crippen LogP contribution in [0.3, 0.4) is 0 Å². The van der Waals surface area contributed by atoms with Crippen LogP contribution in [0.5, 0.6) is 5.75 Å². The van der Waals surface area contributed by atoms with Gasteiger partial charge in [-0.15, -0.1) is 0 Å². The van der Waals surface area contributed by atoms with Crippen LogP contribution in [0.2, 0.25) is 0 Å². The van der Waals surface area contributed by atoms with E-state index >= 15 is 0 Å². The summed E-state index contributed by atoms with van der Waals surface area (Å²) in [5.74, 6) is -1.32. The third-order valence-electron chi connectivity index (χ3n) is 4.12. The molecule has 3 amide bonds. The van der Waals surface area contributed by atoms with Gasteiger partial charge >= 0.3 is 12.0 Å². The first-order chi connectivity index (χ1) is 10.4. The van der Waals surface area contributed by atoms with Crippen LogP contribution in [0.15, 0.2) is 24.3 Å². The number of methoxy groups -OCH3 is 1. The normalized spacial score (nSPS) is 29.0. The summed E-state index contributed by atoms with van der Waals surface area (Å²) in [6.07, 6.45) is 0. The third-order valence-corrected chi connectivity index (χ3v) is 4.12. The van der Waals surface area contributed by atoms with Crippen molar-refractivity contribution < 1.29 is 23.9 Å². The van der Waals surface area contributed by atoms with Crippen molar-refractivity contribution in [2.75, 3.05) is 7.11 Å². The van der Waals surface area contributed by atoms with E-state index in [1.807, 2.05) is 0 Å². The van der Waals surface area contributed by atoms with E-state index in [1.165, 1.54) is 14.0 Å². The molecule has 1 aromatic rings. The predicted octanol–water partition coefficient (Wildman–Crippen LogP) is 1.20. The number of nitrogens with zero attached hydrogens (tertiary/aromatic N) is 1. The van der Waals surface area contributed by atoms with Gasteiger partial charge in [0, 0.05) is 12.5 Å². The SMILES string of the molecule is COC(=O)[C@H]1[C@H]2c3ccccc3O[C@@]1(C)NC(=O)N2C(C)=O. The quantitative estimate of drug-likeness (QED) is 0.788. The molecule has 0 aromatic heterocycles. The smallest absolute Gasteiger partial charge is 0.327 e. The number of urea groups is 1. The molecule has 1 aromatic carbocycles. The number of fused-ring (bicyclic) bond motifs is 4. The van der Waals surface area contributed by atoms with E-state index in [0.29, 0.717) is 11.3 Å². The molecule has 0 radical (unpaired) electrons. The number of hydrogen-bond acceptors (Lipinski definition) is 5. The van der Waals surface area contributed by atoms with Gasteiger partial charge in [0.05, 0.1) is 13.2 Å². The van der Waals surface area contributed by atoms with E-state index in [2.05, 4.69) is 5.32 Å². The summed E-state index contributed by atoms with van der Waals surface area (Å²) < 4.78 is 10.7. The Morgan fingerprint density at radius 3 is 2.68 bits per heavy atom. The first-order valence-corrected chi connectivity index (χ1v) is 6.87. The summed E-state index contributed by atoms with van der Waals surface area (Å²) in [6.45, 7) is 2.89. The van der Waals surface area contributed by atoms with Gasteiger partial charge in [-0.3, -0.25) is 19.8 Å². The van der Waals surface area contributed by atoms with Gasteiger partial charge in [-0.25, -0.2) is 4.79 Å². The van der Waals surface area contributed by atoms with Gasteiger partial charge in [-0.1, -0.05) is 18.2 Å². The van der Waals surface area contributed by atoms with Crippen molar-refractivity contribution >= 4 is 17.9 Å². The number of para-hydroxylation sites is 1. The van der Waals surface area contributed by atoms with Crippen LogP contribution in [0, 0.1) is 5.92 Å². The molecule has 2 bridgehead atoms. The lowest BCUT2D eigenvalue weighted by molar-refractivity contribution is -0.167. The number of carbonyl (C=O) groups excluding carboxylic acids is 3. The molecule has 2 aliphatic heterocycles. The van der Waals surface area contributed by atoms with Gasteiger partial charge in [0.15, 0.2) is 5.72 Å². The molecule has 0 aliphatic carbocycles. The average Bonchev–Trinajstić information content (AvgIpc) is 2.44. The van der Waals surface area contributed by atoms with Gasteiger partial charge in [-0.2, -0.15) is 0 Å². The van der Waals surface area contributed by atoms with E-state index < -0.39 is 35.6 Å². The number of esters is 1. The maximum absolute atomic E-state index is 12.3. The summed E-state index contributed by atoms with van der Waals surface area (Å²) in [5, 5.41) is 2.60. The van der Waals surface area contributed by atoms with Crippen LogP contribution in [0.1, 0.15) is 25.5 Å². The molecule has 3 rings (SSSR count). The summed E-state index contributed by atoms with van der Waals surface area (Å²) in [7, 11) is 1.27. The molecule has 1 N–H and O–H groups in total. The highest BCUT2D eigenvalue weighted by Gasteiger charge is 2.60. The number of benzene rings is 1. The Hall–Kier alpha value is -2.57. The molecule has 1 fully saturated rings. The van der Waals surface area contributed by atoms with E-state index in [-0.39, 0.29) is 0 Å². The van der Waals surface area contributed by atoms with Crippen LogP contribution >= 0.6 is 0 Å². The average molecular weight is 304 g/mol. The van der Waals surface area contributed by atoms with Gasteiger partial charge in [0.25, 0.3) is 0 Å². The van der Waals surface area contributed by atoms with E-state index in [1.54, 1.807) is 31.2 Å². The largest absolute Gasteiger partial charge is 0.469 e. The Morgan fingerprint density at radius 2 is 2.05 bits per heavy atom. The molecule has 2 heterocycles. The molecular weight excluding hydrogens is 288 g/mol. The number of hydrogen-bond donors (Lipinski definition) is 1. The number of nitrogens with one attached hydrogen (secondary N) is 1. The van der Waals surface area contributed by atoms with Crippen molar-refractivity contribution in [3.63, 3.8) is 0 Å². The molecular formula is C15H16N2O5. The highest BCUT2D eigenvalue weighted by Crippen LogP contribution is 2.48. The van der Waals surface area contributed by atoms with Crippen LogP contribution < -0.4 is 10.1 Å². The van der Waals surface area contributed by atoms with Gasteiger partial charge in [-0.05, 0) is 13.0 Å². The topological polar surface area (TPSA) is 84.9 Å². The molecule has 3 atom stereocenters. The first-order valence-electron chi connectivity index (χ1n) is 6.87. The maximum atomic E-state index is 12.3. The Morgan fingerprint density at radius 1 is 1.36 bits per heavy atom. The highest BCUT2D eigenvalue weighted by molar-refractivity contribution is 5.97. The highest BCUT2D eigenvalue weighted by atomic mass is 16.5. The fourth-order valence-electron chi connectivity index (χ4n) is 3.20. The van der Waals surface area contributed by atoms with Crippen molar-refractivity contribution in [3.05, 3.63) is 29.8 Å². The number of carbonyl (C=O) groups is 3. The van der Waals surface area contributed by atoms with Crippen molar-refractivity contribution in [2.45, 2.75) is 25.6 Å². The van der Waals surface area contributed by atoms with Crippen LogP contribution in [-0.2, 0) is 14.3 Å². The second-order valence-electron chi connectivity index (χ2n) is 5.51. The molecule has 0 spiro atoms. The molecule has 7 heteroatoms. The van der Waals surface area contributed by atoms with Crippen molar-refractivity contribution in [1.82, 2.24) is 10.2 Å². The Bertz CT molecular complexity index is 674. The molecule has 22 heavy (non-hydrogen) atoms. The molecule has 0 saturated carbocycles. The number of imide groups is 1. The third kappa shape index (κ3) is 1.85. The lowest BCUT2D eigenvalue weighted by Crippen LogP contribution is -2.71.